The van der Waals surface area contributed by atoms with Crippen molar-refractivity contribution < 1.29 is 14.3 Å². The minimum absolute atomic E-state index is 0.118. The van der Waals surface area contributed by atoms with Gasteiger partial charge in [-0.2, -0.15) is 0 Å². The van der Waals surface area contributed by atoms with Crippen LogP contribution in [-0.2, 0) is 24.1 Å². The number of ether oxygens (including phenoxy) is 1. The molecule has 1 aromatic heterocycles. The first-order valence-corrected chi connectivity index (χ1v) is 9.14. The Morgan fingerprint density at radius 3 is 2.68 bits per heavy atom. The number of nitrogens with one attached hydrogen (secondary N) is 1. The standard InChI is InChI=1S/C19H20N2O3S/c1-2-14-4-3-10-20-16(14)9-11-24-15-7-5-13(6-8-15)12-17-18(22)25-19(23)21-17/h3-8,10,17H,2,9,11-12H2,1H3,(H,21,23). The lowest BCUT2D eigenvalue weighted by molar-refractivity contribution is -0.112. The van der Waals surface area contributed by atoms with Gasteiger partial charge in [-0.1, -0.05) is 25.1 Å². The zero-order chi connectivity index (χ0) is 17.6. The van der Waals surface area contributed by atoms with Gasteiger partial charge in [-0.15, -0.1) is 0 Å². The van der Waals surface area contributed by atoms with Crippen LogP contribution < -0.4 is 10.1 Å². The Balaban J connectivity index is 1.51. The molecule has 130 valence electrons. The van der Waals surface area contributed by atoms with Crippen molar-refractivity contribution >= 4 is 22.1 Å². The molecule has 2 aromatic rings. The van der Waals surface area contributed by atoms with Crippen LogP contribution in [0.15, 0.2) is 42.6 Å². The van der Waals surface area contributed by atoms with Gasteiger partial charge in [-0.25, -0.2) is 0 Å². The number of aromatic nitrogens is 1. The number of nitrogens with zero attached hydrogens (tertiary/aromatic N) is 1. The van der Waals surface area contributed by atoms with Gasteiger partial charge in [-0.05, 0) is 35.7 Å². The maximum absolute atomic E-state index is 11.6. The van der Waals surface area contributed by atoms with E-state index in [0.29, 0.717) is 13.0 Å². The Morgan fingerprint density at radius 2 is 2.00 bits per heavy atom. The van der Waals surface area contributed by atoms with Crippen molar-refractivity contribution in [3.8, 4) is 5.75 Å². The van der Waals surface area contributed by atoms with Gasteiger partial charge in [0.15, 0.2) is 0 Å². The molecule has 1 atom stereocenters. The molecule has 6 heteroatoms. The van der Waals surface area contributed by atoms with E-state index in [4.69, 9.17) is 4.74 Å². The number of pyridine rings is 1. The number of aryl methyl sites for hydroxylation is 1. The summed E-state index contributed by atoms with van der Waals surface area (Å²) in [5, 5.41) is 2.28. The number of carbonyl (C=O) groups is 2. The van der Waals surface area contributed by atoms with E-state index in [-0.39, 0.29) is 10.4 Å². The van der Waals surface area contributed by atoms with E-state index in [9.17, 15) is 9.59 Å². The molecule has 1 unspecified atom stereocenters. The molecule has 0 spiro atoms. The minimum Gasteiger partial charge on any atom is -0.493 e. The average Bonchev–Trinajstić information content (AvgIpc) is 2.94. The highest BCUT2D eigenvalue weighted by Gasteiger charge is 2.31. The van der Waals surface area contributed by atoms with Gasteiger partial charge in [0.05, 0.1) is 6.61 Å². The molecule has 0 bridgehead atoms. The van der Waals surface area contributed by atoms with E-state index >= 15 is 0 Å². The fraction of sp³-hybridized carbons (Fsp3) is 0.316. The number of amides is 1. The summed E-state index contributed by atoms with van der Waals surface area (Å²) in [6.07, 6.45) is 4.05. The topological polar surface area (TPSA) is 68.3 Å². The second-order valence-corrected chi connectivity index (χ2v) is 6.79. The highest BCUT2D eigenvalue weighted by Crippen LogP contribution is 2.20. The molecule has 1 aliphatic rings. The van der Waals surface area contributed by atoms with Crippen molar-refractivity contribution in [3.05, 3.63) is 59.4 Å². The van der Waals surface area contributed by atoms with Crippen LogP contribution in [0.25, 0.3) is 0 Å². The van der Waals surface area contributed by atoms with E-state index in [1.54, 1.807) is 0 Å². The predicted octanol–water partition coefficient (Wildman–Crippen LogP) is 3.16. The number of benzene rings is 1. The van der Waals surface area contributed by atoms with E-state index in [1.807, 2.05) is 36.5 Å². The summed E-state index contributed by atoms with van der Waals surface area (Å²) >= 11 is 0.743. The van der Waals surface area contributed by atoms with Crippen LogP contribution in [0.4, 0.5) is 4.79 Å². The second-order valence-electron chi connectivity index (χ2n) is 5.81. The maximum atomic E-state index is 11.6. The zero-order valence-electron chi connectivity index (χ0n) is 14.0. The van der Waals surface area contributed by atoms with Crippen molar-refractivity contribution in [1.82, 2.24) is 10.3 Å². The normalized spacial score (nSPS) is 16.8. The summed E-state index contributed by atoms with van der Waals surface area (Å²) in [4.78, 5) is 27.2. The first-order chi connectivity index (χ1) is 12.2. The Hall–Kier alpha value is -2.34. The molecule has 1 aliphatic heterocycles. The van der Waals surface area contributed by atoms with Crippen LogP contribution in [0.5, 0.6) is 5.75 Å². The van der Waals surface area contributed by atoms with Gasteiger partial charge in [-0.3, -0.25) is 14.6 Å². The molecule has 25 heavy (non-hydrogen) atoms. The lowest BCUT2D eigenvalue weighted by Gasteiger charge is -2.10. The van der Waals surface area contributed by atoms with E-state index in [0.717, 1.165) is 41.6 Å². The van der Waals surface area contributed by atoms with Crippen molar-refractivity contribution in [2.45, 2.75) is 32.2 Å². The SMILES string of the molecule is CCc1cccnc1CCOc1ccc(CC2NC(=O)SC2=O)cc1. The minimum atomic E-state index is -0.430. The Kier molecular flexibility index (Phi) is 5.71. The first-order valence-electron chi connectivity index (χ1n) is 8.32. The zero-order valence-corrected chi connectivity index (χ0v) is 14.8. The third kappa shape index (κ3) is 4.60. The molecule has 3 rings (SSSR count). The average molecular weight is 356 g/mol. The smallest absolute Gasteiger partial charge is 0.287 e. The largest absolute Gasteiger partial charge is 0.493 e. The van der Waals surface area contributed by atoms with Crippen molar-refractivity contribution in [3.63, 3.8) is 0 Å². The van der Waals surface area contributed by atoms with Crippen LogP contribution in [0.2, 0.25) is 0 Å². The molecule has 5 nitrogen and oxygen atoms in total. The molecule has 2 heterocycles. The number of hydrogen-bond acceptors (Lipinski definition) is 5. The molecule has 1 fully saturated rings. The summed E-state index contributed by atoms with van der Waals surface area (Å²) < 4.78 is 5.79. The number of hydrogen-bond donors (Lipinski definition) is 1. The highest BCUT2D eigenvalue weighted by molar-refractivity contribution is 8.26. The molecule has 1 aromatic carbocycles. The van der Waals surface area contributed by atoms with E-state index < -0.39 is 6.04 Å². The lowest BCUT2D eigenvalue weighted by Crippen LogP contribution is -2.30. The third-order valence-electron chi connectivity index (χ3n) is 4.11. The Morgan fingerprint density at radius 1 is 1.20 bits per heavy atom. The van der Waals surface area contributed by atoms with Crippen LogP contribution in [0, 0.1) is 0 Å². The van der Waals surface area contributed by atoms with Crippen LogP contribution in [0.1, 0.15) is 23.7 Å². The molecule has 0 saturated carbocycles. The van der Waals surface area contributed by atoms with Crippen LogP contribution >= 0.6 is 11.8 Å². The Labute approximate surface area is 151 Å². The quantitative estimate of drug-likeness (QED) is 0.825. The van der Waals surface area contributed by atoms with Crippen LogP contribution in [-0.4, -0.2) is 28.0 Å². The maximum Gasteiger partial charge on any atom is 0.287 e. The molecule has 1 N–H and O–H groups in total. The van der Waals surface area contributed by atoms with E-state index in [2.05, 4.69) is 23.3 Å². The summed E-state index contributed by atoms with van der Waals surface area (Å²) in [5.41, 5.74) is 3.32. The molecule has 0 radical (unpaired) electrons. The number of carbonyl (C=O) groups excluding carboxylic acids is 2. The molecule has 1 amide bonds. The fourth-order valence-corrected chi connectivity index (χ4v) is 3.44. The molecular weight excluding hydrogens is 336 g/mol. The van der Waals surface area contributed by atoms with Gasteiger partial charge >= 0.3 is 0 Å². The lowest BCUT2D eigenvalue weighted by atomic mass is 10.1. The summed E-state index contributed by atoms with van der Waals surface area (Å²) in [6.45, 7) is 2.69. The third-order valence-corrected chi connectivity index (χ3v) is 4.90. The predicted molar refractivity (Wildman–Crippen MR) is 97.9 cm³/mol. The van der Waals surface area contributed by atoms with Gasteiger partial charge in [0.25, 0.3) is 5.24 Å². The van der Waals surface area contributed by atoms with Gasteiger partial charge in [0.1, 0.15) is 11.8 Å². The van der Waals surface area contributed by atoms with Crippen molar-refractivity contribution in [2.75, 3.05) is 6.61 Å². The van der Waals surface area contributed by atoms with Crippen molar-refractivity contribution in [2.24, 2.45) is 0 Å². The monoisotopic (exact) mass is 356 g/mol. The fourth-order valence-electron chi connectivity index (χ4n) is 2.77. The van der Waals surface area contributed by atoms with E-state index in [1.165, 1.54) is 5.56 Å². The molecular formula is C19H20N2O3S. The molecule has 0 aliphatic carbocycles. The number of rotatable bonds is 7. The van der Waals surface area contributed by atoms with Gasteiger partial charge in [0.2, 0.25) is 5.12 Å². The Bertz CT molecular complexity index is 762. The first kappa shape index (κ1) is 17.5. The summed E-state index contributed by atoms with van der Waals surface area (Å²) in [5.74, 6) is 0.786. The highest BCUT2D eigenvalue weighted by atomic mass is 32.2. The summed E-state index contributed by atoms with van der Waals surface area (Å²) in [6, 6.07) is 11.3. The number of thioether (sulfide) groups is 1. The van der Waals surface area contributed by atoms with Gasteiger partial charge in [0, 0.05) is 36.5 Å². The van der Waals surface area contributed by atoms with Crippen LogP contribution in [0.3, 0.4) is 0 Å². The van der Waals surface area contributed by atoms with Gasteiger partial charge < -0.3 is 10.1 Å². The second kappa shape index (κ2) is 8.16. The summed E-state index contributed by atoms with van der Waals surface area (Å²) in [7, 11) is 0. The van der Waals surface area contributed by atoms with Crippen molar-refractivity contribution in [1.29, 1.82) is 0 Å². The molecule has 1 saturated heterocycles.